The lowest BCUT2D eigenvalue weighted by Crippen LogP contribution is -2.20. The van der Waals surface area contributed by atoms with Gasteiger partial charge in [-0.05, 0) is 332 Å². The molecule has 27 aromatic rings. The van der Waals surface area contributed by atoms with Crippen molar-refractivity contribution in [2.45, 2.75) is 39.3 Å². The molecule has 5 aromatic heterocycles. The highest BCUT2D eigenvalue weighted by Gasteiger charge is 2.29. The zero-order chi connectivity index (χ0) is 96.2. The fourth-order valence-corrected chi connectivity index (χ4v) is 22.7. The van der Waals surface area contributed by atoms with Gasteiger partial charge in [0.25, 0.3) is 0 Å². The molecule has 8 heteroatoms. The average Bonchev–Trinajstić information content (AvgIpc) is 1.59. The summed E-state index contributed by atoms with van der Waals surface area (Å²) in [7, 11) is 0. The molecule has 0 N–H and O–H groups in total. The molecule has 0 saturated carbocycles. The summed E-state index contributed by atoms with van der Waals surface area (Å²) in [6.07, 6.45) is 0. The van der Waals surface area contributed by atoms with Gasteiger partial charge in [-0.25, -0.2) is 0 Å². The monoisotopic (exact) mass is 1870 g/mol. The number of rotatable bonds is 11. The van der Waals surface area contributed by atoms with Crippen molar-refractivity contribution in [2.75, 3.05) is 14.7 Å². The van der Waals surface area contributed by atoms with E-state index in [-0.39, 0.29) is 0 Å². The van der Waals surface area contributed by atoms with Gasteiger partial charge in [-0.1, -0.05) is 315 Å². The average molecular weight is 1870 g/mol. The summed E-state index contributed by atoms with van der Waals surface area (Å²) in [6.45, 7) is 4.97. The van der Waals surface area contributed by atoms with Crippen LogP contribution < -0.4 is 14.7 Å². The predicted molar refractivity (Wildman–Crippen MR) is 604 cm³/mol. The van der Waals surface area contributed by atoms with Crippen molar-refractivity contribution in [2.24, 2.45) is 0 Å². The fourth-order valence-electron chi connectivity index (χ4n) is 22.7. The third-order valence-corrected chi connectivity index (χ3v) is 30.1. The van der Waals surface area contributed by atoms with Gasteiger partial charge in [-0.15, -0.1) is 0 Å². The first-order valence-corrected chi connectivity index (χ1v) is 50.3. The minimum atomic E-state index is 0.827. The molecule has 0 bridgehead atoms. The van der Waals surface area contributed by atoms with E-state index in [0.717, 1.165) is 166 Å². The van der Waals surface area contributed by atoms with Gasteiger partial charge in [-0.3, -0.25) is 0 Å². The van der Waals surface area contributed by atoms with Crippen LogP contribution in [0.3, 0.4) is 0 Å². The van der Waals surface area contributed by atoms with Crippen LogP contribution in [0.15, 0.2) is 513 Å². The molecular formula is C138H93N3O5. The molecule has 0 aliphatic carbocycles. The van der Waals surface area contributed by atoms with Crippen LogP contribution in [0, 0.1) is 0 Å². The molecule has 8 heterocycles. The number of hydrogen-bond donors (Lipinski definition) is 0. The molecule has 146 heavy (non-hydrogen) atoms. The molecule has 0 atom stereocenters. The summed E-state index contributed by atoms with van der Waals surface area (Å²) in [6, 6.07) is 177. The summed E-state index contributed by atoms with van der Waals surface area (Å²) in [5.41, 5.74) is 47.4. The lowest BCUT2D eigenvalue weighted by molar-refractivity contribution is 0.668. The number of hydrogen-bond acceptors (Lipinski definition) is 8. The number of para-hydroxylation sites is 8. The maximum Gasteiger partial charge on any atom is 0.136 e. The smallest absolute Gasteiger partial charge is 0.136 e. The van der Waals surface area contributed by atoms with E-state index in [9.17, 15) is 0 Å². The number of nitrogens with zero attached hydrogens (tertiary/aromatic N) is 3. The van der Waals surface area contributed by atoms with E-state index < -0.39 is 0 Å². The molecule has 3 aliphatic heterocycles. The molecule has 0 radical (unpaired) electrons. The topological polar surface area (TPSA) is 75.4 Å². The molecule has 690 valence electrons. The Bertz CT molecular complexity index is 9730. The number of anilines is 3. The highest BCUT2D eigenvalue weighted by atomic mass is 16.3. The van der Waals surface area contributed by atoms with Gasteiger partial charge in [0.15, 0.2) is 0 Å². The van der Waals surface area contributed by atoms with Gasteiger partial charge >= 0.3 is 0 Å². The normalized spacial score (nSPS) is 12.7. The molecule has 0 saturated heterocycles. The van der Waals surface area contributed by atoms with Crippen molar-refractivity contribution in [1.29, 1.82) is 0 Å². The van der Waals surface area contributed by atoms with Gasteiger partial charge in [-0.2, -0.15) is 0 Å². The fraction of sp³-hybridized carbons (Fsp3) is 0.0435. The molecule has 8 nitrogen and oxygen atoms in total. The van der Waals surface area contributed by atoms with Crippen molar-refractivity contribution in [3.8, 4) is 122 Å². The van der Waals surface area contributed by atoms with Crippen molar-refractivity contribution < 1.29 is 22.1 Å². The predicted octanol–water partition coefficient (Wildman–Crippen LogP) is 37.5. The van der Waals surface area contributed by atoms with E-state index in [1.165, 1.54) is 156 Å². The SMILES string of the molecule is c1ccc(-c2cc(-c3ccccc3)cc(-c3ccc4c(c3)-c3cc(-c5ccc6c(c5)oc5ccccc56)ccc3CN(c3ccccc3)C4)c2)cc1.c1ccc(N2Cc3ccc(-c4ccc5c(c4)oc4ccccc45)cc3-c3cc(-c4ccc5oc6ccccc6c5c4)ccc3C2)cc1.c1ccc(N2Cc3ccc(-c4ccc5c(c4)oc4ccccc45)cc3-c3cc(-c4cccc5oc6ccccc6c45)ccc3C2)cc1. The van der Waals surface area contributed by atoms with E-state index >= 15 is 0 Å². The molecule has 22 aromatic carbocycles. The Balaban J connectivity index is 0.000000106. The Morgan fingerprint density at radius 1 is 0.123 bits per heavy atom. The molecule has 30 rings (SSSR count). The zero-order valence-corrected chi connectivity index (χ0v) is 79.9. The Morgan fingerprint density at radius 3 is 0.719 bits per heavy atom. The lowest BCUT2D eigenvalue weighted by atomic mass is 9.89. The van der Waals surface area contributed by atoms with Crippen molar-refractivity contribution in [3.63, 3.8) is 0 Å². The van der Waals surface area contributed by atoms with Crippen LogP contribution in [0.4, 0.5) is 17.1 Å². The van der Waals surface area contributed by atoms with Crippen molar-refractivity contribution in [1.82, 2.24) is 0 Å². The minimum absolute atomic E-state index is 0.827. The number of fused-ring (bicyclic) bond motifs is 24. The standard InChI is InChI=1S/C50H35NO.2C44H29NO2/c1-4-12-34(13-5-1)41-26-42(35-14-6-2-7-15-35)28-43(27-41)37-21-23-40-33-51(44-16-8-3-9-17-44)32-39-22-20-36(29-47(39)48(40)30-37)38-24-25-46-45-18-10-11-19-49(45)52-50(46)31-38;1-2-9-33(10-3-1)45-26-31-19-17-28(29-21-22-36-35-11-4-6-14-40(35)47-43(36)25-29)23-38(31)39-24-30(18-20-32(39)27-45)34-13-8-16-42-44(34)37-12-5-7-15-41(37)46-42;1-2-8-34(9-3-1)45-26-32-16-14-28(30-19-21-43-40(24-30)36-11-5-7-13-42(36)46-43)22-38(32)39-23-29(15-17-33(39)27-45)31-18-20-37-35-10-4-6-12-41(35)47-44(37)25-31/h1-31H,32-33H2;2*1-25H,26-27H2. The third-order valence-electron chi connectivity index (χ3n) is 30.1. The maximum absolute atomic E-state index is 6.31. The molecular weight excluding hydrogens is 1780 g/mol. The van der Waals surface area contributed by atoms with E-state index in [1.54, 1.807) is 0 Å². The Hall–Kier alpha value is -18.8. The molecule has 0 unspecified atom stereocenters. The maximum atomic E-state index is 6.31. The molecule has 3 aliphatic rings. The Morgan fingerprint density at radius 2 is 0.356 bits per heavy atom. The van der Waals surface area contributed by atoms with Gasteiger partial charge in [0.05, 0.1) is 0 Å². The first-order valence-electron chi connectivity index (χ1n) is 50.3. The first kappa shape index (κ1) is 85.2. The van der Waals surface area contributed by atoms with Gasteiger partial charge in [0.1, 0.15) is 55.8 Å². The first-order chi connectivity index (χ1) is 72.2. The van der Waals surface area contributed by atoms with E-state index in [2.05, 4.69) is 451 Å². The van der Waals surface area contributed by atoms with Crippen LogP contribution in [-0.4, -0.2) is 0 Å². The van der Waals surface area contributed by atoms with Crippen molar-refractivity contribution >= 4 is 127 Å². The quantitative estimate of drug-likeness (QED) is 0.127. The van der Waals surface area contributed by atoms with Crippen LogP contribution in [0.25, 0.3) is 232 Å². The lowest BCUT2D eigenvalue weighted by Gasteiger charge is -2.24. The summed E-state index contributed by atoms with van der Waals surface area (Å²) in [5.74, 6) is 0. The molecule has 0 spiro atoms. The molecule has 0 amide bonds. The highest BCUT2D eigenvalue weighted by Crippen LogP contribution is 2.49. The van der Waals surface area contributed by atoms with Gasteiger partial charge in [0, 0.05) is 110 Å². The Kier molecular flexibility index (Phi) is 20.9. The van der Waals surface area contributed by atoms with Gasteiger partial charge in [0.2, 0.25) is 0 Å². The second-order valence-electron chi connectivity index (χ2n) is 38.9. The number of benzene rings is 22. The molecule has 0 fully saturated rings. The van der Waals surface area contributed by atoms with Crippen LogP contribution in [0.1, 0.15) is 33.4 Å². The largest absolute Gasteiger partial charge is 0.456 e. The number of furan rings is 5. The second kappa shape index (κ2) is 35.8. The summed E-state index contributed by atoms with van der Waals surface area (Å²) < 4.78 is 31.3. The minimum Gasteiger partial charge on any atom is -0.456 e. The highest BCUT2D eigenvalue weighted by molar-refractivity contribution is 6.14. The third kappa shape index (κ3) is 15.6. The van der Waals surface area contributed by atoms with Crippen LogP contribution in [0.5, 0.6) is 0 Å². The van der Waals surface area contributed by atoms with E-state index in [1.807, 2.05) is 54.6 Å². The van der Waals surface area contributed by atoms with Crippen molar-refractivity contribution in [3.05, 3.63) is 525 Å². The summed E-state index contributed by atoms with van der Waals surface area (Å²) in [5, 5.41) is 11.5. The zero-order valence-electron chi connectivity index (χ0n) is 79.9. The van der Waals surface area contributed by atoms with Gasteiger partial charge < -0.3 is 36.8 Å². The van der Waals surface area contributed by atoms with Crippen LogP contribution in [-0.2, 0) is 39.3 Å². The van der Waals surface area contributed by atoms with E-state index in [0.29, 0.717) is 0 Å². The van der Waals surface area contributed by atoms with E-state index in [4.69, 9.17) is 22.1 Å². The Labute approximate surface area is 844 Å². The van der Waals surface area contributed by atoms with Crippen LogP contribution >= 0.6 is 0 Å². The summed E-state index contributed by atoms with van der Waals surface area (Å²) >= 11 is 0. The second-order valence-corrected chi connectivity index (χ2v) is 38.9. The van der Waals surface area contributed by atoms with Crippen LogP contribution in [0.2, 0.25) is 0 Å². The summed E-state index contributed by atoms with van der Waals surface area (Å²) in [4.78, 5) is 7.46.